The quantitative estimate of drug-likeness (QED) is 0.398. The van der Waals surface area contributed by atoms with Crippen LogP contribution in [0.5, 0.6) is 0 Å². The Kier molecular flexibility index (Phi) is 6.53. The van der Waals surface area contributed by atoms with Crippen molar-refractivity contribution in [3.8, 4) is 17.1 Å². The SMILES string of the molecule is CCOC(=O)c1cn(-c2ccc(-c3nnc(N)o3)cc2)c(=O)n(Cc2cccc(Cl)c2Cl)c1=O. The van der Waals surface area contributed by atoms with Gasteiger partial charge >= 0.3 is 17.7 Å². The van der Waals surface area contributed by atoms with Crippen LogP contribution in [0.3, 0.4) is 0 Å². The molecule has 2 aromatic carbocycles. The van der Waals surface area contributed by atoms with E-state index in [1.165, 1.54) is 0 Å². The average Bonchev–Trinajstić information content (AvgIpc) is 3.26. The Morgan fingerprint density at radius 1 is 1.12 bits per heavy atom. The Morgan fingerprint density at radius 3 is 2.50 bits per heavy atom. The molecule has 174 valence electrons. The number of carbonyl (C=O) groups excluding carboxylic acids is 1. The van der Waals surface area contributed by atoms with Crippen LogP contribution >= 0.6 is 23.2 Å². The lowest BCUT2D eigenvalue weighted by Crippen LogP contribution is -2.42. The summed E-state index contributed by atoms with van der Waals surface area (Å²) in [6.07, 6.45) is 1.15. The van der Waals surface area contributed by atoms with Gasteiger partial charge in [-0.15, -0.1) is 5.10 Å². The smallest absolute Gasteiger partial charge is 0.345 e. The van der Waals surface area contributed by atoms with Crippen molar-refractivity contribution >= 4 is 35.2 Å². The third-order valence-corrected chi connectivity index (χ3v) is 5.72. The topological polar surface area (TPSA) is 135 Å². The zero-order valence-corrected chi connectivity index (χ0v) is 19.2. The average molecular weight is 502 g/mol. The first-order valence-corrected chi connectivity index (χ1v) is 10.7. The Labute approximate surface area is 202 Å². The van der Waals surface area contributed by atoms with Crippen molar-refractivity contribution in [2.45, 2.75) is 13.5 Å². The molecule has 0 unspecified atom stereocenters. The lowest BCUT2D eigenvalue weighted by atomic mass is 10.2. The molecule has 0 amide bonds. The maximum atomic E-state index is 13.3. The van der Waals surface area contributed by atoms with Crippen LogP contribution in [-0.4, -0.2) is 31.9 Å². The van der Waals surface area contributed by atoms with Crippen LogP contribution in [0.1, 0.15) is 22.8 Å². The van der Waals surface area contributed by atoms with Gasteiger partial charge in [-0.1, -0.05) is 40.4 Å². The first-order valence-electron chi connectivity index (χ1n) is 9.96. The molecule has 4 rings (SSSR count). The number of ether oxygens (including phenoxy) is 1. The molecule has 34 heavy (non-hydrogen) atoms. The fourth-order valence-electron chi connectivity index (χ4n) is 3.23. The molecule has 2 N–H and O–H groups in total. The molecule has 0 spiro atoms. The fraction of sp³-hybridized carbons (Fsp3) is 0.136. The molecule has 0 aliphatic heterocycles. The summed E-state index contributed by atoms with van der Waals surface area (Å²) in [5, 5.41) is 7.89. The molecule has 2 aromatic heterocycles. The molecular formula is C22H17Cl2N5O5. The number of nitrogens with zero attached hydrogens (tertiary/aromatic N) is 4. The molecule has 2 heterocycles. The molecule has 4 aromatic rings. The maximum absolute atomic E-state index is 13.3. The van der Waals surface area contributed by atoms with Gasteiger partial charge in [0.05, 0.1) is 28.9 Å². The predicted molar refractivity (Wildman–Crippen MR) is 126 cm³/mol. The summed E-state index contributed by atoms with van der Waals surface area (Å²) in [5.74, 6) is -0.658. The van der Waals surface area contributed by atoms with Crippen LogP contribution in [0.4, 0.5) is 6.01 Å². The second-order valence-electron chi connectivity index (χ2n) is 7.01. The van der Waals surface area contributed by atoms with E-state index in [1.807, 2.05) is 0 Å². The summed E-state index contributed by atoms with van der Waals surface area (Å²) in [6.45, 7) is 1.46. The highest BCUT2D eigenvalue weighted by Gasteiger charge is 2.20. The molecule has 0 aliphatic rings. The van der Waals surface area contributed by atoms with Gasteiger partial charge in [-0.05, 0) is 42.8 Å². The summed E-state index contributed by atoms with van der Waals surface area (Å²) in [7, 11) is 0. The van der Waals surface area contributed by atoms with Gasteiger partial charge in [0.15, 0.2) is 0 Å². The number of nitrogens with two attached hydrogens (primary N) is 1. The van der Waals surface area contributed by atoms with Crippen molar-refractivity contribution in [2.24, 2.45) is 0 Å². The molecule has 0 atom stereocenters. The molecule has 12 heteroatoms. The third-order valence-electron chi connectivity index (χ3n) is 4.86. The number of benzene rings is 2. The Morgan fingerprint density at radius 2 is 1.85 bits per heavy atom. The zero-order chi connectivity index (χ0) is 24.4. The Hall–Kier alpha value is -3.89. The molecule has 0 bridgehead atoms. The zero-order valence-electron chi connectivity index (χ0n) is 17.7. The van der Waals surface area contributed by atoms with Gasteiger partial charge in [0.25, 0.3) is 5.56 Å². The molecule has 0 saturated heterocycles. The van der Waals surface area contributed by atoms with Crippen LogP contribution in [0.2, 0.25) is 10.0 Å². The van der Waals surface area contributed by atoms with Gasteiger partial charge in [-0.2, -0.15) is 0 Å². The largest absolute Gasteiger partial charge is 0.462 e. The number of carbonyl (C=O) groups is 1. The van der Waals surface area contributed by atoms with Gasteiger partial charge in [0, 0.05) is 11.8 Å². The van der Waals surface area contributed by atoms with E-state index in [1.54, 1.807) is 49.4 Å². The minimum Gasteiger partial charge on any atom is -0.462 e. The summed E-state index contributed by atoms with van der Waals surface area (Å²) < 4.78 is 12.3. The number of rotatable bonds is 6. The van der Waals surface area contributed by atoms with E-state index in [-0.39, 0.29) is 40.7 Å². The number of hydrogen-bond donors (Lipinski definition) is 1. The first kappa shape index (κ1) is 23.3. The van der Waals surface area contributed by atoms with E-state index in [2.05, 4.69) is 10.2 Å². The summed E-state index contributed by atoms with van der Waals surface area (Å²) >= 11 is 12.3. The lowest BCUT2D eigenvalue weighted by molar-refractivity contribution is 0.0522. The molecule has 0 aliphatic carbocycles. The molecule has 10 nitrogen and oxygen atoms in total. The molecular weight excluding hydrogens is 485 g/mol. The van der Waals surface area contributed by atoms with E-state index in [9.17, 15) is 14.4 Å². The Balaban J connectivity index is 1.85. The number of hydrogen-bond acceptors (Lipinski definition) is 8. The second kappa shape index (κ2) is 9.54. The van der Waals surface area contributed by atoms with Crippen LogP contribution < -0.4 is 17.0 Å². The highest BCUT2D eigenvalue weighted by atomic mass is 35.5. The highest BCUT2D eigenvalue weighted by Crippen LogP contribution is 2.26. The van der Waals surface area contributed by atoms with Crippen molar-refractivity contribution in [1.82, 2.24) is 19.3 Å². The summed E-state index contributed by atoms with van der Waals surface area (Å²) in [5.41, 5.74) is 5.02. The van der Waals surface area contributed by atoms with E-state index in [0.717, 1.165) is 15.3 Å². The van der Waals surface area contributed by atoms with E-state index in [0.29, 0.717) is 16.8 Å². The highest BCUT2D eigenvalue weighted by molar-refractivity contribution is 6.42. The predicted octanol–water partition coefficient (Wildman–Crippen LogP) is 3.16. The molecule has 0 saturated carbocycles. The third kappa shape index (κ3) is 4.45. The standard InChI is InChI=1S/C22H17Cl2N5O5/c1-2-33-20(31)15-11-28(14-8-6-12(7-9-14)18-26-27-21(25)34-18)22(32)29(19(15)30)10-13-4-3-5-16(23)17(13)24/h3-9,11H,2,10H2,1H3,(H2,25,27). The van der Waals surface area contributed by atoms with Gasteiger partial charge in [-0.25, -0.2) is 9.59 Å². The number of nitrogen functional groups attached to an aromatic ring is 1. The summed E-state index contributed by atoms with van der Waals surface area (Å²) in [4.78, 5) is 38.9. The van der Waals surface area contributed by atoms with Crippen LogP contribution in [0, 0.1) is 0 Å². The normalized spacial score (nSPS) is 10.9. The number of aromatic nitrogens is 4. The van der Waals surface area contributed by atoms with Crippen molar-refractivity contribution in [3.63, 3.8) is 0 Å². The molecule has 0 fully saturated rings. The lowest BCUT2D eigenvalue weighted by Gasteiger charge is -2.14. The van der Waals surface area contributed by atoms with Crippen molar-refractivity contribution in [1.29, 1.82) is 0 Å². The summed E-state index contributed by atoms with van der Waals surface area (Å²) in [6, 6.07) is 11.2. The maximum Gasteiger partial charge on any atom is 0.345 e. The second-order valence-corrected chi connectivity index (χ2v) is 7.80. The number of halogens is 2. The minimum absolute atomic E-state index is 0.0551. The van der Waals surface area contributed by atoms with Gasteiger partial charge < -0.3 is 14.9 Å². The van der Waals surface area contributed by atoms with Crippen molar-refractivity contribution in [3.05, 3.63) is 90.7 Å². The fourth-order valence-corrected chi connectivity index (χ4v) is 3.61. The van der Waals surface area contributed by atoms with Crippen LogP contribution in [-0.2, 0) is 11.3 Å². The minimum atomic E-state index is -0.856. The van der Waals surface area contributed by atoms with Crippen LogP contribution in [0.25, 0.3) is 17.1 Å². The Bertz CT molecular complexity index is 1490. The van der Waals surface area contributed by atoms with Gasteiger partial charge in [0.2, 0.25) is 5.89 Å². The van der Waals surface area contributed by atoms with E-state index < -0.39 is 17.2 Å². The van der Waals surface area contributed by atoms with Crippen molar-refractivity contribution < 1.29 is 13.9 Å². The van der Waals surface area contributed by atoms with Gasteiger partial charge in [0.1, 0.15) is 5.56 Å². The monoisotopic (exact) mass is 501 g/mol. The van der Waals surface area contributed by atoms with E-state index in [4.69, 9.17) is 38.1 Å². The molecule has 0 radical (unpaired) electrons. The first-order chi connectivity index (χ1) is 16.3. The number of anilines is 1. The number of esters is 1. The van der Waals surface area contributed by atoms with Crippen LogP contribution in [0.15, 0.2) is 62.7 Å². The van der Waals surface area contributed by atoms with Crippen molar-refractivity contribution in [2.75, 3.05) is 12.3 Å². The van der Waals surface area contributed by atoms with E-state index >= 15 is 0 Å². The van der Waals surface area contributed by atoms with Gasteiger partial charge in [-0.3, -0.25) is 13.9 Å².